The van der Waals surface area contributed by atoms with Crippen LogP contribution in [0.2, 0.25) is 5.02 Å². The molecule has 0 saturated carbocycles. The fraction of sp³-hybridized carbons (Fsp3) is 0.533. The molecule has 1 aromatic rings. The molecule has 1 aliphatic rings. The topological polar surface area (TPSA) is 75.7 Å². The lowest BCUT2D eigenvalue weighted by atomic mass is 10.1. The summed E-state index contributed by atoms with van der Waals surface area (Å²) in [6.07, 6.45) is 0.189. The highest BCUT2D eigenvalue weighted by Crippen LogP contribution is 2.37. The van der Waals surface area contributed by atoms with Crippen LogP contribution in [0.25, 0.3) is 0 Å². The Kier molecular flexibility index (Phi) is 5.10. The Labute approximate surface area is 141 Å². The molecule has 0 radical (unpaired) electrons. The van der Waals surface area contributed by atoms with Gasteiger partial charge >= 0.3 is 0 Å². The summed E-state index contributed by atoms with van der Waals surface area (Å²) in [5, 5.41) is 3.25. The van der Waals surface area contributed by atoms with E-state index in [1.165, 1.54) is 6.07 Å². The zero-order chi connectivity index (χ0) is 17.4. The van der Waals surface area contributed by atoms with Gasteiger partial charge in [0.25, 0.3) is 5.91 Å². The normalized spacial score (nSPS) is 19.0. The molecule has 2 atom stereocenters. The van der Waals surface area contributed by atoms with Crippen LogP contribution in [0.1, 0.15) is 20.8 Å². The van der Waals surface area contributed by atoms with Crippen molar-refractivity contribution in [3.63, 3.8) is 0 Å². The summed E-state index contributed by atoms with van der Waals surface area (Å²) < 4.78 is 30.9. The first-order valence-electron chi connectivity index (χ1n) is 7.34. The first-order chi connectivity index (χ1) is 10.6. The third-order valence-electron chi connectivity index (χ3n) is 3.85. The standard InChI is InChI=1S/C15H21ClN2O4S/c1-9(2)10(3)17-15(19)14-8-18(23(4,20)21)12-7-11(16)5-6-13(12)22-14/h5-7,9-10,14H,8H2,1-4H3,(H,17,19)/t10-,14-/m1/s1. The number of sulfonamides is 1. The average Bonchev–Trinajstić information content (AvgIpc) is 2.44. The van der Waals surface area contributed by atoms with Gasteiger partial charge in [0.1, 0.15) is 5.75 Å². The van der Waals surface area contributed by atoms with E-state index < -0.39 is 16.1 Å². The quantitative estimate of drug-likeness (QED) is 0.891. The summed E-state index contributed by atoms with van der Waals surface area (Å²) in [5.41, 5.74) is 0.348. The molecule has 8 heteroatoms. The van der Waals surface area contributed by atoms with Crippen LogP contribution >= 0.6 is 11.6 Å². The first kappa shape index (κ1) is 17.9. The summed E-state index contributed by atoms with van der Waals surface area (Å²) in [5.74, 6) is 0.253. The van der Waals surface area contributed by atoms with Crippen molar-refractivity contribution >= 4 is 33.2 Å². The number of ether oxygens (including phenoxy) is 1. The van der Waals surface area contributed by atoms with Crippen molar-refractivity contribution in [2.24, 2.45) is 5.92 Å². The fourth-order valence-corrected chi connectivity index (χ4v) is 3.23. The van der Waals surface area contributed by atoms with Crippen molar-refractivity contribution in [1.29, 1.82) is 0 Å². The van der Waals surface area contributed by atoms with E-state index in [9.17, 15) is 13.2 Å². The number of benzene rings is 1. The maximum Gasteiger partial charge on any atom is 0.263 e. The molecule has 0 bridgehead atoms. The highest BCUT2D eigenvalue weighted by atomic mass is 35.5. The van der Waals surface area contributed by atoms with Crippen molar-refractivity contribution < 1.29 is 17.9 Å². The Bertz CT molecular complexity index is 705. The lowest BCUT2D eigenvalue weighted by Crippen LogP contribution is -2.52. The summed E-state index contributed by atoms with van der Waals surface area (Å²) in [7, 11) is -3.55. The zero-order valence-corrected chi connectivity index (χ0v) is 15.1. The minimum absolute atomic E-state index is 0.0376. The molecule has 128 valence electrons. The van der Waals surface area contributed by atoms with Crippen LogP contribution in [0.3, 0.4) is 0 Å². The second-order valence-electron chi connectivity index (χ2n) is 6.05. The van der Waals surface area contributed by atoms with Crippen LogP contribution in [0.5, 0.6) is 5.75 Å². The summed E-state index contributed by atoms with van der Waals surface area (Å²) in [6, 6.07) is 4.64. The van der Waals surface area contributed by atoms with E-state index in [0.717, 1.165) is 10.6 Å². The fourth-order valence-electron chi connectivity index (χ4n) is 2.16. The Hall–Kier alpha value is -1.47. The molecule has 0 fully saturated rings. The lowest BCUT2D eigenvalue weighted by molar-refractivity contribution is -0.128. The Morgan fingerprint density at radius 3 is 2.61 bits per heavy atom. The van der Waals surface area contributed by atoms with Gasteiger partial charge in [-0.15, -0.1) is 0 Å². The van der Waals surface area contributed by atoms with Gasteiger partial charge in [0.05, 0.1) is 18.5 Å². The number of rotatable bonds is 4. The summed E-state index contributed by atoms with van der Waals surface area (Å²) in [6.45, 7) is 5.80. The van der Waals surface area contributed by atoms with Gasteiger partial charge in [-0.05, 0) is 31.0 Å². The van der Waals surface area contributed by atoms with E-state index in [2.05, 4.69) is 5.32 Å². The number of nitrogens with zero attached hydrogens (tertiary/aromatic N) is 1. The molecule has 1 heterocycles. The largest absolute Gasteiger partial charge is 0.476 e. The molecule has 2 rings (SSSR count). The second-order valence-corrected chi connectivity index (χ2v) is 8.40. The van der Waals surface area contributed by atoms with Crippen LogP contribution in [0.4, 0.5) is 5.69 Å². The highest BCUT2D eigenvalue weighted by Gasteiger charge is 2.35. The summed E-state index contributed by atoms with van der Waals surface area (Å²) >= 11 is 5.94. The van der Waals surface area contributed by atoms with Gasteiger partial charge < -0.3 is 10.1 Å². The monoisotopic (exact) mass is 360 g/mol. The number of nitrogens with one attached hydrogen (secondary N) is 1. The number of amides is 1. The maximum absolute atomic E-state index is 12.4. The van der Waals surface area contributed by atoms with E-state index in [4.69, 9.17) is 16.3 Å². The van der Waals surface area contributed by atoms with E-state index >= 15 is 0 Å². The van der Waals surface area contributed by atoms with Crippen LogP contribution in [-0.4, -0.2) is 39.3 Å². The van der Waals surface area contributed by atoms with Gasteiger partial charge in [-0.3, -0.25) is 9.10 Å². The molecule has 0 unspecified atom stereocenters. The molecule has 23 heavy (non-hydrogen) atoms. The van der Waals surface area contributed by atoms with Crippen molar-refractivity contribution in [3.05, 3.63) is 23.2 Å². The average molecular weight is 361 g/mol. The number of hydrogen-bond acceptors (Lipinski definition) is 4. The molecular formula is C15H21ClN2O4S. The van der Waals surface area contributed by atoms with E-state index in [0.29, 0.717) is 16.5 Å². The molecule has 1 aliphatic heterocycles. The number of carbonyl (C=O) groups excluding carboxylic acids is 1. The van der Waals surface area contributed by atoms with Crippen LogP contribution in [0.15, 0.2) is 18.2 Å². The van der Waals surface area contributed by atoms with Gasteiger partial charge in [-0.25, -0.2) is 8.42 Å². The highest BCUT2D eigenvalue weighted by molar-refractivity contribution is 7.92. The van der Waals surface area contributed by atoms with Gasteiger partial charge in [0.2, 0.25) is 10.0 Å². The Morgan fingerprint density at radius 2 is 2.04 bits per heavy atom. The zero-order valence-electron chi connectivity index (χ0n) is 13.5. The number of fused-ring (bicyclic) bond motifs is 1. The third kappa shape index (κ3) is 4.09. The van der Waals surface area contributed by atoms with Crippen molar-refractivity contribution in [1.82, 2.24) is 5.32 Å². The molecule has 1 amide bonds. The third-order valence-corrected chi connectivity index (χ3v) is 5.23. The molecule has 0 aromatic heterocycles. The SMILES string of the molecule is CC(C)[C@@H](C)NC(=O)[C@H]1CN(S(C)(=O)=O)c2cc(Cl)ccc2O1. The van der Waals surface area contributed by atoms with E-state index in [1.54, 1.807) is 12.1 Å². The number of carbonyl (C=O) groups is 1. The molecular weight excluding hydrogens is 340 g/mol. The molecule has 6 nitrogen and oxygen atoms in total. The molecule has 1 N–H and O–H groups in total. The number of anilines is 1. The predicted molar refractivity (Wildman–Crippen MR) is 90.5 cm³/mol. The van der Waals surface area contributed by atoms with Crippen molar-refractivity contribution in [3.8, 4) is 5.75 Å². The minimum Gasteiger partial charge on any atom is -0.476 e. The summed E-state index contributed by atoms with van der Waals surface area (Å²) in [4.78, 5) is 12.4. The lowest BCUT2D eigenvalue weighted by Gasteiger charge is -2.34. The number of halogens is 1. The van der Waals surface area contributed by atoms with Crippen molar-refractivity contribution in [2.45, 2.75) is 32.9 Å². The van der Waals surface area contributed by atoms with E-state index in [1.807, 2.05) is 20.8 Å². The molecule has 0 saturated heterocycles. The Morgan fingerprint density at radius 1 is 1.39 bits per heavy atom. The van der Waals surface area contributed by atoms with Crippen molar-refractivity contribution in [2.75, 3.05) is 17.1 Å². The molecule has 0 aliphatic carbocycles. The van der Waals surface area contributed by atoms with Gasteiger partial charge in [0.15, 0.2) is 6.10 Å². The van der Waals surface area contributed by atoms with Gasteiger partial charge in [-0.1, -0.05) is 25.4 Å². The predicted octanol–water partition coefficient (Wildman–Crippen LogP) is 2.03. The maximum atomic E-state index is 12.4. The van der Waals surface area contributed by atoms with Gasteiger partial charge in [0, 0.05) is 11.1 Å². The van der Waals surface area contributed by atoms with E-state index in [-0.39, 0.29) is 24.4 Å². The first-order valence-corrected chi connectivity index (χ1v) is 9.56. The molecule has 1 aromatic carbocycles. The minimum atomic E-state index is -3.55. The smallest absolute Gasteiger partial charge is 0.263 e. The Balaban J connectivity index is 2.30. The second kappa shape index (κ2) is 6.57. The molecule has 0 spiro atoms. The van der Waals surface area contributed by atoms with Crippen LogP contribution in [-0.2, 0) is 14.8 Å². The van der Waals surface area contributed by atoms with Crippen LogP contribution < -0.4 is 14.4 Å². The van der Waals surface area contributed by atoms with Crippen LogP contribution in [0, 0.1) is 5.92 Å². The van der Waals surface area contributed by atoms with Gasteiger partial charge in [-0.2, -0.15) is 0 Å². The number of hydrogen-bond donors (Lipinski definition) is 1.